The van der Waals surface area contributed by atoms with E-state index in [4.69, 9.17) is 15.2 Å². The van der Waals surface area contributed by atoms with Gasteiger partial charge in [-0.05, 0) is 40.2 Å². The van der Waals surface area contributed by atoms with Crippen molar-refractivity contribution in [2.75, 3.05) is 7.11 Å². The maximum absolute atomic E-state index is 14.1. The zero-order valence-corrected chi connectivity index (χ0v) is 14.5. The van der Waals surface area contributed by atoms with E-state index < -0.39 is 23.9 Å². The summed E-state index contributed by atoms with van der Waals surface area (Å²) in [5.41, 5.74) is 2.55. The molecule has 1 aliphatic heterocycles. The average Bonchev–Trinajstić information content (AvgIpc) is 2.55. The van der Waals surface area contributed by atoms with Crippen LogP contribution in [-0.2, 0) is 10.4 Å². The van der Waals surface area contributed by atoms with E-state index in [2.05, 4.69) is 20.9 Å². The summed E-state index contributed by atoms with van der Waals surface area (Å²) in [6.07, 6.45) is 0.143. The molecule has 9 heteroatoms. The van der Waals surface area contributed by atoms with Crippen LogP contribution in [0, 0.1) is 0 Å². The lowest BCUT2D eigenvalue weighted by atomic mass is 9.80. The van der Waals surface area contributed by atoms with Gasteiger partial charge in [0.2, 0.25) is 5.88 Å². The smallest absolute Gasteiger partial charge is 0.327 e. The molecule has 0 radical (unpaired) electrons. The molecule has 1 aliphatic rings. The van der Waals surface area contributed by atoms with Gasteiger partial charge in [0.25, 0.3) is 5.91 Å². The number of halogens is 3. The number of carbonyl (C=O) groups is 1. The third-order valence-electron chi connectivity index (χ3n) is 3.94. The first-order valence-corrected chi connectivity index (χ1v) is 7.89. The fourth-order valence-electron chi connectivity index (χ4n) is 2.70. The van der Waals surface area contributed by atoms with Crippen molar-refractivity contribution in [2.24, 2.45) is 5.73 Å². The molecule has 0 saturated carbocycles. The van der Waals surface area contributed by atoms with Crippen LogP contribution < -0.4 is 15.2 Å². The zero-order valence-electron chi connectivity index (χ0n) is 12.9. The number of amides is 1. The highest BCUT2D eigenvalue weighted by Crippen LogP contribution is 2.51. The lowest BCUT2D eigenvalue weighted by Gasteiger charge is -2.37. The minimum Gasteiger partial charge on any atom is -0.497 e. The van der Waals surface area contributed by atoms with Gasteiger partial charge in [0, 0.05) is 16.2 Å². The van der Waals surface area contributed by atoms with E-state index in [9.17, 15) is 18.7 Å². The zero-order chi connectivity index (χ0) is 18.4. The first-order valence-electron chi connectivity index (χ1n) is 7.10. The van der Waals surface area contributed by atoms with Gasteiger partial charge in [0.15, 0.2) is 0 Å². The Morgan fingerprint density at radius 1 is 1.44 bits per heavy atom. The number of fused-ring (bicyclic) bond motifs is 2. The van der Waals surface area contributed by atoms with Crippen molar-refractivity contribution in [2.45, 2.75) is 17.9 Å². The van der Waals surface area contributed by atoms with Crippen molar-refractivity contribution in [1.82, 2.24) is 4.98 Å². The van der Waals surface area contributed by atoms with Crippen LogP contribution in [0.3, 0.4) is 0 Å². The lowest BCUT2D eigenvalue weighted by Crippen LogP contribution is -2.44. The Hall–Kier alpha value is -2.26. The molecule has 1 amide bonds. The fourth-order valence-corrected chi connectivity index (χ4v) is 3.03. The van der Waals surface area contributed by atoms with E-state index in [1.54, 1.807) is 6.07 Å². The molecule has 2 aromatic rings. The first-order chi connectivity index (χ1) is 11.7. The number of primary amides is 1. The van der Waals surface area contributed by atoms with Crippen molar-refractivity contribution in [3.05, 3.63) is 46.1 Å². The summed E-state index contributed by atoms with van der Waals surface area (Å²) in [6, 6.07) is 5.79. The maximum atomic E-state index is 14.1. The molecule has 0 fully saturated rings. The molecule has 1 aromatic heterocycles. The largest absolute Gasteiger partial charge is 0.497 e. The van der Waals surface area contributed by atoms with E-state index in [1.165, 1.54) is 31.5 Å². The molecule has 3 rings (SSSR count). The lowest BCUT2D eigenvalue weighted by molar-refractivity contribution is -0.150. The second-order valence-corrected chi connectivity index (χ2v) is 6.49. The molecule has 132 valence electrons. The van der Waals surface area contributed by atoms with E-state index in [-0.39, 0.29) is 22.8 Å². The Bertz CT molecular complexity index is 862. The van der Waals surface area contributed by atoms with Gasteiger partial charge in [0.05, 0.1) is 19.1 Å². The number of nitrogens with zero attached hydrogens (tertiary/aromatic N) is 1. The van der Waals surface area contributed by atoms with Gasteiger partial charge < -0.3 is 20.3 Å². The molecule has 1 aromatic carbocycles. The highest BCUT2D eigenvalue weighted by molar-refractivity contribution is 9.10. The summed E-state index contributed by atoms with van der Waals surface area (Å²) in [4.78, 5) is 15.1. The number of alkyl halides is 2. The van der Waals surface area contributed by atoms with Gasteiger partial charge >= 0.3 is 5.92 Å². The van der Waals surface area contributed by atoms with Gasteiger partial charge in [-0.1, -0.05) is 0 Å². The monoisotopic (exact) mass is 414 g/mol. The van der Waals surface area contributed by atoms with E-state index in [0.717, 1.165) is 0 Å². The van der Waals surface area contributed by atoms with Crippen LogP contribution in [0.15, 0.2) is 34.9 Å². The van der Waals surface area contributed by atoms with E-state index in [0.29, 0.717) is 10.2 Å². The van der Waals surface area contributed by atoms with Crippen LogP contribution in [-0.4, -0.2) is 29.0 Å². The molecule has 1 unspecified atom stereocenters. The molecule has 0 spiro atoms. The fraction of sp³-hybridized carbons (Fsp3) is 0.250. The number of carbonyl (C=O) groups excluding carboxylic acids is 1. The predicted molar refractivity (Wildman–Crippen MR) is 86.8 cm³/mol. The van der Waals surface area contributed by atoms with Crippen LogP contribution >= 0.6 is 15.9 Å². The van der Waals surface area contributed by atoms with Gasteiger partial charge in [-0.25, -0.2) is 4.98 Å². The van der Waals surface area contributed by atoms with E-state index in [1.807, 2.05) is 0 Å². The number of hydrogen-bond acceptors (Lipinski definition) is 5. The van der Waals surface area contributed by atoms with Crippen LogP contribution in [0.1, 0.15) is 17.5 Å². The normalized spacial score (nSPS) is 18.8. The van der Waals surface area contributed by atoms with Crippen LogP contribution in [0.25, 0.3) is 0 Å². The molecule has 0 bridgehead atoms. The third kappa shape index (κ3) is 2.93. The Morgan fingerprint density at radius 3 is 2.80 bits per heavy atom. The average molecular weight is 415 g/mol. The number of pyridine rings is 1. The van der Waals surface area contributed by atoms with Crippen molar-refractivity contribution in [1.29, 1.82) is 0 Å². The first kappa shape index (κ1) is 17.6. The number of ether oxygens (including phenoxy) is 2. The van der Waals surface area contributed by atoms with Crippen molar-refractivity contribution in [3.63, 3.8) is 0 Å². The number of aromatic nitrogens is 1. The number of benzene rings is 1. The summed E-state index contributed by atoms with van der Waals surface area (Å²) in [7, 11) is 1.40. The SMILES string of the molecule is COc1ccc2c(c1)C(O)(CC(F)(F)C(N)=O)c1cc(Br)cnc1O2. The number of hydrogen-bond donors (Lipinski definition) is 2. The van der Waals surface area contributed by atoms with Crippen molar-refractivity contribution in [3.8, 4) is 17.4 Å². The highest BCUT2D eigenvalue weighted by atomic mass is 79.9. The highest BCUT2D eigenvalue weighted by Gasteiger charge is 2.51. The summed E-state index contributed by atoms with van der Waals surface area (Å²) in [5, 5.41) is 11.2. The summed E-state index contributed by atoms with van der Waals surface area (Å²) < 4.78 is 39.3. The molecule has 0 aliphatic carbocycles. The minimum atomic E-state index is -3.95. The van der Waals surface area contributed by atoms with Gasteiger partial charge in [-0.2, -0.15) is 8.78 Å². The van der Waals surface area contributed by atoms with Crippen molar-refractivity contribution >= 4 is 21.8 Å². The van der Waals surface area contributed by atoms with Crippen molar-refractivity contribution < 1.29 is 28.2 Å². The van der Waals surface area contributed by atoms with Gasteiger partial charge in [-0.15, -0.1) is 0 Å². The molecule has 0 saturated heterocycles. The summed E-state index contributed by atoms with van der Waals surface area (Å²) >= 11 is 3.19. The second-order valence-electron chi connectivity index (χ2n) is 5.58. The number of nitrogens with two attached hydrogens (primary N) is 1. The third-order valence-corrected chi connectivity index (χ3v) is 4.37. The number of methoxy groups -OCH3 is 1. The van der Waals surface area contributed by atoms with E-state index >= 15 is 0 Å². The van der Waals surface area contributed by atoms with Gasteiger partial charge in [0.1, 0.15) is 17.1 Å². The Kier molecular flexibility index (Phi) is 4.16. The van der Waals surface area contributed by atoms with Gasteiger partial charge in [-0.3, -0.25) is 4.79 Å². The molecule has 25 heavy (non-hydrogen) atoms. The number of aliphatic hydroxyl groups is 1. The molecular weight excluding hydrogens is 402 g/mol. The van der Waals surface area contributed by atoms with Crippen LogP contribution in [0.5, 0.6) is 17.4 Å². The minimum absolute atomic E-state index is 0.0106. The van der Waals surface area contributed by atoms with Crippen LogP contribution in [0.4, 0.5) is 8.78 Å². The summed E-state index contributed by atoms with van der Waals surface area (Å²) in [5.74, 6) is -5.36. The van der Waals surface area contributed by atoms with Crippen LogP contribution in [0.2, 0.25) is 0 Å². The Balaban J connectivity index is 2.24. The topological polar surface area (TPSA) is 94.7 Å². The second kappa shape index (κ2) is 5.92. The number of rotatable bonds is 4. The molecule has 2 heterocycles. The standard InChI is InChI=1S/C16H13BrF2N2O4/c1-24-9-2-3-12-10(5-9)15(23,7-16(18,19)14(20)22)11-4-8(17)6-21-13(11)25-12/h2-6,23H,7H2,1H3,(H2,20,22). The predicted octanol–water partition coefficient (Wildman–Crippen LogP) is 2.71. The molecule has 1 atom stereocenters. The summed E-state index contributed by atoms with van der Waals surface area (Å²) in [6.45, 7) is 0. The molecular formula is C16H13BrF2N2O4. The maximum Gasteiger partial charge on any atom is 0.327 e. The molecule has 3 N–H and O–H groups in total. The molecule has 6 nitrogen and oxygen atoms in total. The Morgan fingerprint density at radius 2 is 2.16 bits per heavy atom. The quantitative estimate of drug-likeness (QED) is 0.801. The Labute approximate surface area is 149 Å².